The molecule has 0 bridgehead atoms. The SMILES string of the molecule is NC[C@@H]1CCN(C(=O)c2ccccc2Nc2cccc(C(F)(F)F)c2)C1. The summed E-state index contributed by atoms with van der Waals surface area (Å²) in [6.07, 6.45) is -3.55. The first kappa shape index (κ1) is 18.3. The summed E-state index contributed by atoms with van der Waals surface area (Å²) in [6.45, 7) is 1.78. The van der Waals surface area contributed by atoms with E-state index in [0.717, 1.165) is 18.6 Å². The Morgan fingerprint density at radius 2 is 1.96 bits per heavy atom. The number of hydrogen-bond acceptors (Lipinski definition) is 3. The number of para-hydroxylation sites is 1. The van der Waals surface area contributed by atoms with Crippen LogP contribution in [0.15, 0.2) is 48.5 Å². The monoisotopic (exact) mass is 363 g/mol. The first-order valence-corrected chi connectivity index (χ1v) is 8.41. The molecule has 0 saturated carbocycles. The average molecular weight is 363 g/mol. The van der Waals surface area contributed by atoms with Gasteiger partial charge < -0.3 is 16.0 Å². The number of nitrogens with one attached hydrogen (secondary N) is 1. The van der Waals surface area contributed by atoms with E-state index >= 15 is 0 Å². The number of carbonyl (C=O) groups is 1. The number of anilines is 2. The molecular weight excluding hydrogens is 343 g/mol. The highest BCUT2D eigenvalue weighted by atomic mass is 19.4. The summed E-state index contributed by atoms with van der Waals surface area (Å²) in [5.74, 6) is 0.151. The van der Waals surface area contributed by atoms with Gasteiger partial charge in [-0.1, -0.05) is 18.2 Å². The second-order valence-corrected chi connectivity index (χ2v) is 6.39. The largest absolute Gasteiger partial charge is 0.416 e. The van der Waals surface area contributed by atoms with Gasteiger partial charge in [0, 0.05) is 18.8 Å². The number of amides is 1. The molecule has 1 fully saturated rings. The van der Waals surface area contributed by atoms with Crippen LogP contribution in [-0.2, 0) is 6.18 Å². The highest BCUT2D eigenvalue weighted by Crippen LogP contribution is 2.32. The Kier molecular flexibility index (Phi) is 5.18. The van der Waals surface area contributed by atoms with Gasteiger partial charge in [0.25, 0.3) is 5.91 Å². The maximum atomic E-state index is 12.9. The Morgan fingerprint density at radius 3 is 2.65 bits per heavy atom. The third-order valence-electron chi connectivity index (χ3n) is 4.53. The first-order valence-electron chi connectivity index (χ1n) is 8.41. The van der Waals surface area contributed by atoms with Crippen molar-refractivity contribution in [3.63, 3.8) is 0 Å². The molecule has 3 rings (SSSR count). The van der Waals surface area contributed by atoms with Crippen molar-refractivity contribution in [2.45, 2.75) is 12.6 Å². The van der Waals surface area contributed by atoms with Crippen LogP contribution in [0.1, 0.15) is 22.3 Å². The molecular formula is C19H20F3N3O. The number of nitrogens with two attached hydrogens (primary N) is 1. The van der Waals surface area contributed by atoms with Crippen LogP contribution in [0.3, 0.4) is 0 Å². The molecule has 2 aromatic carbocycles. The van der Waals surface area contributed by atoms with E-state index in [-0.39, 0.29) is 11.6 Å². The number of halogens is 3. The van der Waals surface area contributed by atoms with E-state index < -0.39 is 11.7 Å². The van der Waals surface area contributed by atoms with Crippen LogP contribution in [0.2, 0.25) is 0 Å². The van der Waals surface area contributed by atoms with Crippen molar-refractivity contribution in [2.75, 3.05) is 25.0 Å². The minimum absolute atomic E-state index is 0.143. The van der Waals surface area contributed by atoms with Crippen LogP contribution < -0.4 is 11.1 Å². The fourth-order valence-corrected chi connectivity index (χ4v) is 3.09. The molecule has 0 unspecified atom stereocenters. The van der Waals surface area contributed by atoms with Crippen LogP contribution in [0.25, 0.3) is 0 Å². The fourth-order valence-electron chi connectivity index (χ4n) is 3.09. The van der Waals surface area contributed by atoms with Crippen molar-refractivity contribution in [1.29, 1.82) is 0 Å². The van der Waals surface area contributed by atoms with Gasteiger partial charge in [0.1, 0.15) is 0 Å². The predicted octanol–water partition coefficient (Wildman–Crippen LogP) is 3.87. The lowest BCUT2D eigenvalue weighted by Crippen LogP contribution is -2.30. The predicted molar refractivity (Wildman–Crippen MR) is 94.2 cm³/mol. The molecule has 4 nitrogen and oxygen atoms in total. The molecule has 3 N–H and O–H groups in total. The van der Waals surface area contributed by atoms with Gasteiger partial charge in [-0.05, 0) is 49.2 Å². The maximum absolute atomic E-state index is 12.9. The van der Waals surface area contributed by atoms with Gasteiger partial charge >= 0.3 is 6.18 Å². The molecule has 0 radical (unpaired) electrons. The van der Waals surface area contributed by atoms with Gasteiger partial charge in [0.15, 0.2) is 0 Å². The smallest absolute Gasteiger partial charge is 0.355 e. The third kappa shape index (κ3) is 3.99. The Hall–Kier alpha value is -2.54. The van der Waals surface area contributed by atoms with E-state index in [0.29, 0.717) is 36.8 Å². The third-order valence-corrected chi connectivity index (χ3v) is 4.53. The lowest BCUT2D eigenvalue weighted by atomic mass is 10.1. The van der Waals surface area contributed by atoms with Gasteiger partial charge in [-0.3, -0.25) is 4.79 Å². The quantitative estimate of drug-likeness (QED) is 0.867. The van der Waals surface area contributed by atoms with E-state index in [4.69, 9.17) is 5.73 Å². The molecule has 26 heavy (non-hydrogen) atoms. The number of likely N-dealkylation sites (tertiary alicyclic amines) is 1. The van der Waals surface area contributed by atoms with E-state index in [9.17, 15) is 18.0 Å². The van der Waals surface area contributed by atoms with Gasteiger partial charge in [-0.25, -0.2) is 0 Å². The molecule has 2 aromatic rings. The topological polar surface area (TPSA) is 58.4 Å². The molecule has 0 spiro atoms. The highest BCUT2D eigenvalue weighted by Gasteiger charge is 2.31. The van der Waals surface area contributed by atoms with Crippen molar-refractivity contribution < 1.29 is 18.0 Å². The minimum atomic E-state index is -4.42. The van der Waals surface area contributed by atoms with Crippen LogP contribution >= 0.6 is 0 Å². The molecule has 1 saturated heterocycles. The summed E-state index contributed by atoms with van der Waals surface area (Å²) in [5, 5.41) is 2.94. The number of hydrogen-bond donors (Lipinski definition) is 2. The van der Waals surface area contributed by atoms with Crippen molar-refractivity contribution >= 4 is 17.3 Å². The molecule has 138 valence electrons. The van der Waals surface area contributed by atoms with Crippen LogP contribution in [0, 0.1) is 5.92 Å². The zero-order valence-corrected chi connectivity index (χ0v) is 14.1. The minimum Gasteiger partial charge on any atom is -0.355 e. The molecule has 1 atom stereocenters. The lowest BCUT2D eigenvalue weighted by molar-refractivity contribution is -0.137. The van der Waals surface area contributed by atoms with Gasteiger partial charge in [-0.15, -0.1) is 0 Å². The second kappa shape index (κ2) is 7.37. The summed E-state index contributed by atoms with van der Waals surface area (Å²) in [6, 6.07) is 11.7. The Balaban J connectivity index is 1.83. The zero-order valence-electron chi connectivity index (χ0n) is 14.1. The number of nitrogens with zero attached hydrogens (tertiary/aromatic N) is 1. The van der Waals surface area contributed by atoms with Gasteiger partial charge in [0.05, 0.1) is 16.8 Å². The van der Waals surface area contributed by atoms with Crippen molar-refractivity contribution in [1.82, 2.24) is 4.90 Å². The van der Waals surface area contributed by atoms with Crippen molar-refractivity contribution in [3.8, 4) is 0 Å². The number of carbonyl (C=O) groups excluding carboxylic acids is 1. The summed E-state index contributed by atoms with van der Waals surface area (Å²) >= 11 is 0. The Labute approximate surface area is 149 Å². The molecule has 7 heteroatoms. The number of benzene rings is 2. The molecule has 1 amide bonds. The Bertz CT molecular complexity index is 792. The van der Waals surface area contributed by atoms with Crippen LogP contribution in [-0.4, -0.2) is 30.4 Å². The second-order valence-electron chi connectivity index (χ2n) is 6.39. The van der Waals surface area contributed by atoms with Crippen LogP contribution in [0.4, 0.5) is 24.5 Å². The summed E-state index contributed by atoms with van der Waals surface area (Å²) < 4.78 is 38.7. The average Bonchev–Trinajstić information content (AvgIpc) is 3.10. The van der Waals surface area contributed by atoms with Gasteiger partial charge in [0.2, 0.25) is 0 Å². The molecule has 0 aromatic heterocycles. The van der Waals surface area contributed by atoms with E-state index in [1.165, 1.54) is 12.1 Å². The standard InChI is InChI=1S/C19H20F3N3O/c20-19(21,22)14-4-3-5-15(10-14)24-17-7-2-1-6-16(17)18(26)25-9-8-13(11-23)12-25/h1-7,10,13,24H,8-9,11-12,23H2/t13-/m0/s1. The van der Waals surface area contributed by atoms with E-state index in [1.807, 2.05) is 0 Å². The molecule has 1 heterocycles. The van der Waals surface area contributed by atoms with Crippen LogP contribution in [0.5, 0.6) is 0 Å². The zero-order chi connectivity index (χ0) is 18.7. The fraction of sp³-hybridized carbons (Fsp3) is 0.316. The number of alkyl halides is 3. The first-order chi connectivity index (χ1) is 12.4. The molecule has 0 aliphatic carbocycles. The number of rotatable bonds is 4. The van der Waals surface area contributed by atoms with Crippen molar-refractivity contribution in [3.05, 3.63) is 59.7 Å². The maximum Gasteiger partial charge on any atom is 0.416 e. The Morgan fingerprint density at radius 1 is 1.19 bits per heavy atom. The normalized spacial score (nSPS) is 17.4. The van der Waals surface area contributed by atoms with E-state index in [1.54, 1.807) is 29.2 Å². The summed E-state index contributed by atoms with van der Waals surface area (Å²) in [4.78, 5) is 14.6. The summed E-state index contributed by atoms with van der Waals surface area (Å²) in [7, 11) is 0. The lowest BCUT2D eigenvalue weighted by Gasteiger charge is -2.19. The highest BCUT2D eigenvalue weighted by molar-refractivity contribution is 6.00. The summed E-state index contributed by atoms with van der Waals surface area (Å²) in [5.41, 5.74) is 6.13. The molecule has 1 aliphatic heterocycles. The van der Waals surface area contributed by atoms with Gasteiger partial charge in [-0.2, -0.15) is 13.2 Å². The van der Waals surface area contributed by atoms with E-state index in [2.05, 4.69) is 5.32 Å². The van der Waals surface area contributed by atoms with Crippen molar-refractivity contribution in [2.24, 2.45) is 11.7 Å². The molecule has 1 aliphatic rings.